The number of halogens is 1. The van der Waals surface area contributed by atoms with E-state index in [2.05, 4.69) is 9.88 Å². The van der Waals surface area contributed by atoms with Crippen LogP contribution in [0.4, 0.5) is 4.39 Å². The van der Waals surface area contributed by atoms with Crippen LogP contribution in [-0.4, -0.2) is 47.7 Å². The highest BCUT2D eigenvalue weighted by atomic mass is 19.1. The number of carboxylic acid groups (broad SMARTS) is 1. The molecule has 1 aliphatic carbocycles. The van der Waals surface area contributed by atoms with Crippen molar-refractivity contribution in [2.75, 3.05) is 26.7 Å². The van der Waals surface area contributed by atoms with Crippen molar-refractivity contribution in [3.05, 3.63) is 36.0 Å². The Bertz CT molecular complexity index is 917. The Morgan fingerprint density at radius 2 is 2.09 bits per heavy atom. The quantitative estimate of drug-likeness (QED) is 0.516. The third-order valence-corrected chi connectivity index (χ3v) is 7.60. The molecule has 1 aromatic carbocycles. The summed E-state index contributed by atoms with van der Waals surface area (Å²) in [5.74, 6) is 1.17. The van der Waals surface area contributed by atoms with Gasteiger partial charge in [0.25, 0.3) is 0 Å². The van der Waals surface area contributed by atoms with E-state index in [0.717, 1.165) is 42.9 Å². The number of carbonyl (C=O) groups is 1. The fourth-order valence-electron chi connectivity index (χ4n) is 5.40. The molecule has 2 fully saturated rings. The van der Waals surface area contributed by atoms with Crippen LogP contribution in [0.2, 0.25) is 0 Å². The SMILES string of the molecule is COc1ccc2nccc([C@H](F)CC[C@@H]3CCN(CCC4CCC4)C[C@@H]3CC(=O)O)c2c1. The molecule has 2 aliphatic rings. The predicted molar refractivity (Wildman–Crippen MR) is 124 cm³/mol. The molecule has 5 nitrogen and oxygen atoms in total. The zero-order valence-electron chi connectivity index (χ0n) is 19.0. The van der Waals surface area contributed by atoms with Gasteiger partial charge in [0.2, 0.25) is 0 Å². The van der Waals surface area contributed by atoms with Crippen molar-refractivity contribution in [3.63, 3.8) is 0 Å². The number of aromatic nitrogens is 1. The highest BCUT2D eigenvalue weighted by Gasteiger charge is 2.32. The van der Waals surface area contributed by atoms with E-state index in [1.54, 1.807) is 19.4 Å². The van der Waals surface area contributed by atoms with Gasteiger partial charge in [-0.05, 0) is 86.4 Å². The van der Waals surface area contributed by atoms with Gasteiger partial charge in [0.05, 0.1) is 12.6 Å². The number of pyridine rings is 1. The molecule has 4 rings (SSSR count). The number of methoxy groups -OCH3 is 1. The molecule has 174 valence electrons. The van der Waals surface area contributed by atoms with Gasteiger partial charge in [0.1, 0.15) is 11.9 Å². The molecule has 0 amide bonds. The van der Waals surface area contributed by atoms with Gasteiger partial charge in [-0.25, -0.2) is 4.39 Å². The Hall–Kier alpha value is -2.21. The number of carboxylic acids is 1. The summed E-state index contributed by atoms with van der Waals surface area (Å²) in [7, 11) is 1.60. The van der Waals surface area contributed by atoms with Crippen molar-refractivity contribution >= 4 is 16.9 Å². The number of hydrogen-bond donors (Lipinski definition) is 1. The molecule has 0 radical (unpaired) electrons. The zero-order valence-corrected chi connectivity index (χ0v) is 19.0. The maximum atomic E-state index is 15.4. The van der Waals surface area contributed by atoms with Gasteiger partial charge in [0, 0.05) is 24.5 Å². The standard InChI is InChI=1S/C26H35FN2O3/c1-32-21-6-8-25-23(16-21)22(9-12-28-25)24(27)7-5-19-11-14-29(13-10-18-3-2-4-18)17-20(19)15-26(30)31/h6,8-9,12,16,18-20,24H,2-5,7,10-11,13-15,17H2,1H3,(H,30,31)/t19-,20+,24-/m1/s1. The third kappa shape index (κ3) is 5.58. The summed E-state index contributed by atoms with van der Waals surface area (Å²) in [5, 5.41) is 10.2. The second kappa shape index (κ2) is 10.6. The van der Waals surface area contributed by atoms with Crippen LogP contribution in [0.25, 0.3) is 10.9 Å². The number of alkyl halides is 1. The van der Waals surface area contributed by atoms with E-state index >= 15 is 4.39 Å². The molecule has 6 heteroatoms. The summed E-state index contributed by atoms with van der Waals surface area (Å²) < 4.78 is 20.7. The van der Waals surface area contributed by atoms with Crippen LogP contribution in [-0.2, 0) is 4.79 Å². The lowest BCUT2D eigenvalue weighted by Crippen LogP contribution is -2.42. The molecule has 0 bridgehead atoms. The van der Waals surface area contributed by atoms with Gasteiger partial charge in [0.15, 0.2) is 0 Å². The highest BCUT2D eigenvalue weighted by molar-refractivity contribution is 5.83. The van der Waals surface area contributed by atoms with E-state index in [1.807, 2.05) is 18.2 Å². The molecule has 3 atom stereocenters. The van der Waals surface area contributed by atoms with Crippen molar-refractivity contribution in [1.29, 1.82) is 0 Å². The van der Waals surface area contributed by atoms with Gasteiger partial charge >= 0.3 is 5.97 Å². The number of likely N-dealkylation sites (tertiary alicyclic amines) is 1. The van der Waals surface area contributed by atoms with Gasteiger partial charge in [-0.2, -0.15) is 0 Å². The maximum Gasteiger partial charge on any atom is 0.303 e. The Balaban J connectivity index is 1.38. The van der Waals surface area contributed by atoms with Gasteiger partial charge in [-0.15, -0.1) is 0 Å². The largest absolute Gasteiger partial charge is 0.497 e. The smallest absolute Gasteiger partial charge is 0.303 e. The molecule has 1 N–H and O–H groups in total. The first-order chi connectivity index (χ1) is 15.5. The number of aliphatic carboxylic acids is 1. The lowest BCUT2D eigenvalue weighted by molar-refractivity contribution is -0.139. The Morgan fingerprint density at radius 1 is 1.25 bits per heavy atom. The van der Waals surface area contributed by atoms with Crippen LogP contribution in [0, 0.1) is 17.8 Å². The molecular weight excluding hydrogens is 407 g/mol. The number of rotatable bonds is 10. The Kier molecular flexibility index (Phi) is 7.61. The van der Waals surface area contributed by atoms with Crippen molar-refractivity contribution < 1.29 is 19.0 Å². The van der Waals surface area contributed by atoms with E-state index in [9.17, 15) is 9.90 Å². The number of nitrogens with zero attached hydrogens (tertiary/aromatic N) is 2. The second-order valence-electron chi connectivity index (χ2n) is 9.62. The van der Waals surface area contributed by atoms with E-state index in [-0.39, 0.29) is 18.3 Å². The van der Waals surface area contributed by atoms with Gasteiger partial charge in [-0.1, -0.05) is 19.3 Å². The van der Waals surface area contributed by atoms with Crippen LogP contribution >= 0.6 is 0 Å². The molecule has 1 aliphatic heterocycles. The second-order valence-corrected chi connectivity index (χ2v) is 9.62. The molecule has 0 unspecified atom stereocenters. The van der Waals surface area contributed by atoms with Crippen molar-refractivity contribution in [2.45, 2.75) is 57.5 Å². The van der Waals surface area contributed by atoms with Crippen molar-refractivity contribution in [1.82, 2.24) is 9.88 Å². The molecule has 32 heavy (non-hydrogen) atoms. The number of piperidine rings is 1. The van der Waals surface area contributed by atoms with E-state index in [4.69, 9.17) is 4.74 Å². The van der Waals surface area contributed by atoms with Crippen LogP contribution < -0.4 is 4.74 Å². The Morgan fingerprint density at radius 3 is 2.81 bits per heavy atom. The number of hydrogen-bond acceptors (Lipinski definition) is 4. The fraction of sp³-hybridized carbons (Fsp3) is 0.615. The fourth-order valence-corrected chi connectivity index (χ4v) is 5.40. The third-order valence-electron chi connectivity index (χ3n) is 7.60. The average Bonchev–Trinajstić information content (AvgIpc) is 2.76. The summed E-state index contributed by atoms with van der Waals surface area (Å²) in [6.07, 6.45) is 8.10. The van der Waals surface area contributed by atoms with Crippen LogP contribution in [0.5, 0.6) is 5.75 Å². The molecule has 0 spiro atoms. The topological polar surface area (TPSA) is 62.7 Å². The molecule has 1 saturated carbocycles. The summed E-state index contributed by atoms with van der Waals surface area (Å²) in [6, 6.07) is 7.29. The minimum absolute atomic E-state index is 0.101. The monoisotopic (exact) mass is 442 g/mol. The van der Waals surface area contributed by atoms with Crippen LogP contribution in [0.15, 0.2) is 30.5 Å². The molecule has 2 aromatic rings. The van der Waals surface area contributed by atoms with Crippen LogP contribution in [0.1, 0.15) is 63.1 Å². The minimum atomic E-state index is -1.10. The summed E-state index contributed by atoms with van der Waals surface area (Å²) in [6.45, 7) is 2.90. The lowest BCUT2D eigenvalue weighted by Gasteiger charge is -2.39. The Labute approximate surface area is 190 Å². The maximum absolute atomic E-state index is 15.4. The molecule has 1 aromatic heterocycles. The predicted octanol–water partition coefficient (Wildman–Crippen LogP) is 5.64. The first-order valence-electron chi connectivity index (χ1n) is 12.0. The first-order valence-corrected chi connectivity index (χ1v) is 12.0. The average molecular weight is 443 g/mol. The van der Waals surface area contributed by atoms with E-state index in [0.29, 0.717) is 24.2 Å². The van der Waals surface area contributed by atoms with Crippen molar-refractivity contribution in [3.8, 4) is 5.75 Å². The molecular formula is C26H35FN2O3. The van der Waals surface area contributed by atoms with Gasteiger partial charge < -0.3 is 14.7 Å². The van der Waals surface area contributed by atoms with E-state index in [1.165, 1.54) is 25.7 Å². The first kappa shape index (κ1) is 23.0. The van der Waals surface area contributed by atoms with Crippen LogP contribution in [0.3, 0.4) is 0 Å². The van der Waals surface area contributed by atoms with Crippen molar-refractivity contribution in [2.24, 2.45) is 17.8 Å². The molecule has 2 heterocycles. The zero-order chi connectivity index (χ0) is 22.5. The number of benzene rings is 1. The number of ether oxygens (including phenoxy) is 1. The minimum Gasteiger partial charge on any atom is -0.497 e. The summed E-state index contributed by atoms with van der Waals surface area (Å²) in [4.78, 5) is 18.3. The van der Waals surface area contributed by atoms with E-state index < -0.39 is 12.1 Å². The summed E-state index contributed by atoms with van der Waals surface area (Å²) in [5.41, 5.74) is 1.40. The lowest BCUT2D eigenvalue weighted by atomic mass is 9.79. The van der Waals surface area contributed by atoms with Gasteiger partial charge in [-0.3, -0.25) is 9.78 Å². The summed E-state index contributed by atoms with van der Waals surface area (Å²) >= 11 is 0. The normalized spacial score (nSPS) is 23.1. The highest BCUT2D eigenvalue weighted by Crippen LogP contribution is 2.37. The number of fused-ring (bicyclic) bond motifs is 1. The molecule has 1 saturated heterocycles.